The molecule has 2 heterocycles. The number of aromatic nitrogens is 1. The first-order valence-corrected chi connectivity index (χ1v) is 5.83. The number of hydrogen-bond donors (Lipinski definition) is 2. The fourth-order valence-corrected chi connectivity index (χ4v) is 2.19. The van der Waals surface area contributed by atoms with Crippen LogP contribution in [0.1, 0.15) is 16.9 Å². The Kier molecular flexibility index (Phi) is 3.51. The fourth-order valence-electron chi connectivity index (χ4n) is 2.02. The van der Waals surface area contributed by atoms with Gasteiger partial charge in [-0.15, -0.1) is 0 Å². The molecular formula is C11H16ClN3O. The second-order valence-electron chi connectivity index (χ2n) is 4.36. The lowest BCUT2D eigenvalue weighted by atomic mass is 10.1. The van der Waals surface area contributed by atoms with Crippen molar-refractivity contribution in [2.45, 2.75) is 6.42 Å². The van der Waals surface area contributed by atoms with Crippen LogP contribution in [-0.2, 0) is 0 Å². The minimum Gasteiger partial charge on any atom is -0.356 e. The van der Waals surface area contributed by atoms with Gasteiger partial charge in [0.15, 0.2) is 0 Å². The number of carbonyl (C=O) groups excluding carboxylic acids is 1. The molecule has 0 aromatic carbocycles. The molecule has 5 heteroatoms. The number of hydrogen-bond acceptors (Lipinski definition) is 2. The predicted molar refractivity (Wildman–Crippen MR) is 63.7 cm³/mol. The second-order valence-corrected chi connectivity index (χ2v) is 4.79. The summed E-state index contributed by atoms with van der Waals surface area (Å²) in [7, 11) is 2.10. The topological polar surface area (TPSA) is 48.1 Å². The number of H-pyrrole nitrogens is 1. The zero-order valence-corrected chi connectivity index (χ0v) is 10.0. The van der Waals surface area contributed by atoms with Crippen molar-refractivity contribution in [3.05, 3.63) is 23.0 Å². The van der Waals surface area contributed by atoms with E-state index >= 15 is 0 Å². The third kappa shape index (κ3) is 2.77. The zero-order chi connectivity index (χ0) is 11.5. The highest BCUT2D eigenvalue weighted by atomic mass is 35.5. The van der Waals surface area contributed by atoms with Gasteiger partial charge in [-0.2, -0.15) is 0 Å². The average molecular weight is 242 g/mol. The highest BCUT2D eigenvalue weighted by molar-refractivity contribution is 6.30. The van der Waals surface area contributed by atoms with Gasteiger partial charge in [-0.05, 0) is 32.0 Å². The van der Waals surface area contributed by atoms with Crippen LogP contribution in [0.3, 0.4) is 0 Å². The maximum Gasteiger partial charge on any atom is 0.267 e. The molecule has 1 aromatic rings. The molecular weight excluding hydrogens is 226 g/mol. The lowest BCUT2D eigenvalue weighted by molar-refractivity contribution is 0.0943. The quantitative estimate of drug-likeness (QED) is 0.839. The van der Waals surface area contributed by atoms with Gasteiger partial charge in [-0.1, -0.05) is 11.6 Å². The highest BCUT2D eigenvalue weighted by Gasteiger charge is 2.20. The van der Waals surface area contributed by atoms with Gasteiger partial charge in [0, 0.05) is 19.3 Å². The number of aromatic amines is 1. The first-order valence-electron chi connectivity index (χ1n) is 5.46. The molecule has 1 aliphatic heterocycles. The average Bonchev–Trinajstić information content (AvgIpc) is 2.84. The van der Waals surface area contributed by atoms with E-state index in [0.717, 1.165) is 26.1 Å². The molecule has 4 nitrogen and oxygen atoms in total. The van der Waals surface area contributed by atoms with E-state index in [1.165, 1.54) is 0 Å². The molecule has 2 N–H and O–H groups in total. The van der Waals surface area contributed by atoms with Gasteiger partial charge in [0.1, 0.15) is 5.69 Å². The Labute approximate surface area is 100.0 Å². The van der Waals surface area contributed by atoms with Crippen molar-refractivity contribution < 1.29 is 4.79 Å². The number of likely N-dealkylation sites (tertiary alicyclic amines) is 1. The Hall–Kier alpha value is -1.00. The van der Waals surface area contributed by atoms with Crippen LogP contribution in [-0.4, -0.2) is 42.5 Å². The van der Waals surface area contributed by atoms with Crippen molar-refractivity contribution in [2.24, 2.45) is 5.92 Å². The summed E-state index contributed by atoms with van der Waals surface area (Å²) < 4.78 is 0. The summed E-state index contributed by atoms with van der Waals surface area (Å²) in [5.41, 5.74) is 0.524. The smallest absolute Gasteiger partial charge is 0.267 e. The van der Waals surface area contributed by atoms with Gasteiger partial charge in [-0.25, -0.2) is 0 Å². The van der Waals surface area contributed by atoms with Crippen molar-refractivity contribution >= 4 is 17.5 Å². The zero-order valence-electron chi connectivity index (χ0n) is 9.29. The number of halogens is 1. The monoisotopic (exact) mass is 241 g/mol. The molecule has 0 aliphatic carbocycles. The Bertz CT molecular complexity index is 377. The van der Waals surface area contributed by atoms with Crippen LogP contribution in [0.25, 0.3) is 0 Å². The summed E-state index contributed by atoms with van der Waals surface area (Å²) >= 11 is 5.73. The molecule has 1 aliphatic rings. The van der Waals surface area contributed by atoms with Crippen molar-refractivity contribution in [3.8, 4) is 0 Å². The van der Waals surface area contributed by atoms with Crippen molar-refractivity contribution in [3.63, 3.8) is 0 Å². The number of amides is 1. The van der Waals surface area contributed by atoms with Gasteiger partial charge in [0.05, 0.1) is 5.02 Å². The minimum absolute atomic E-state index is 0.0820. The van der Waals surface area contributed by atoms with E-state index in [9.17, 15) is 4.79 Å². The summed E-state index contributed by atoms with van der Waals surface area (Å²) in [4.78, 5) is 16.8. The fraction of sp³-hybridized carbons (Fsp3) is 0.545. The van der Waals surface area contributed by atoms with E-state index in [1.54, 1.807) is 12.3 Å². The van der Waals surface area contributed by atoms with E-state index in [4.69, 9.17) is 11.6 Å². The molecule has 0 saturated carbocycles. The van der Waals surface area contributed by atoms with Crippen molar-refractivity contribution in [1.82, 2.24) is 15.2 Å². The Morgan fingerprint density at radius 2 is 2.56 bits per heavy atom. The number of nitrogens with one attached hydrogen (secondary N) is 2. The minimum atomic E-state index is -0.0820. The second kappa shape index (κ2) is 4.89. The lowest BCUT2D eigenvalue weighted by Gasteiger charge is -2.10. The number of nitrogens with zero attached hydrogens (tertiary/aromatic N) is 1. The number of carbonyl (C=O) groups is 1. The Morgan fingerprint density at radius 1 is 1.75 bits per heavy atom. The van der Waals surface area contributed by atoms with E-state index in [1.807, 2.05) is 0 Å². The maximum atomic E-state index is 11.7. The number of rotatable bonds is 3. The van der Waals surface area contributed by atoms with Crippen LogP contribution in [0.5, 0.6) is 0 Å². The van der Waals surface area contributed by atoms with Gasteiger partial charge in [0.2, 0.25) is 0 Å². The van der Waals surface area contributed by atoms with E-state index in [0.29, 0.717) is 16.6 Å². The van der Waals surface area contributed by atoms with Crippen LogP contribution < -0.4 is 5.32 Å². The Morgan fingerprint density at radius 3 is 3.12 bits per heavy atom. The molecule has 1 fully saturated rings. The molecule has 1 unspecified atom stereocenters. The summed E-state index contributed by atoms with van der Waals surface area (Å²) in [6, 6.07) is 1.64. The third-order valence-corrected chi connectivity index (χ3v) is 3.15. The summed E-state index contributed by atoms with van der Waals surface area (Å²) in [5, 5.41) is 3.48. The standard InChI is InChI=1S/C11H16ClN3O/c1-15-3-2-8(7-15)5-14-11(16)10-4-9(12)6-13-10/h4,6,8,13H,2-3,5,7H2,1H3,(H,14,16). The molecule has 16 heavy (non-hydrogen) atoms. The summed E-state index contributed by atoms with van der Waals surface area (Å²) in [6.07, 6.45) is 2.77. The normalized spacial score (nSPS) is 21.2. The van der Waals surface area contributed by atoms with Gasteiger partial charge in [-0.3, -0.25) is 4.79 Å². The predicted octanol–water partition coefficient (Wildman–Crippen LogP) is 1.35. The first-order chi connectivity index (χ1) is 7.65. The highest BCUT2D eigenvalue weighted by Crippen LogP contribution is 2.13. The van der Waals surface area contributed by atoms with Gasteiger partial charge >= 0.3 is 0 Å². The molecule has 1 saturated heterocycles. The van der Waals surface area contributed by atoms with Gasteiger partial charge in [0.25, 0.3) is 5.91 Å². The largest absolute Gasteiger partial charge is 0.356 e. The van der Waals surface area contributed by atoms with E-state index in [-0.39, 0.29) is 5.91 Å². The van der Waals surface area contributed by atoms with Gasteiger partial charge < -0.3 is 15.2 Å². The third-order valence-electron chi connectivity index (χ3n) is 2.93. The molecule has 1 aromatic heterocycles. The molecule has 1 atom stereocenters. The molecule has 0 radical (unpaired) electrons. The van der Waals surface area contributed by atoms with Crippen LogP contribution in [0.15, 0.2) is 12.3 Å². The van der Waals surface area contributed by atoms with E-state index < -0.39 is 0 Å². The van der Waals surface area contributed by atoms with Crippen molar-refractivity contribution in [1.29, 1.82) is 0 Å². The maximum absolute atomic E-state index is 11.7. The molecule has 1 amide bonds. The van der Waals surface area contributed by atoms with Crippen LogP contribution >= 0.6 is 11.6 Å². The lowest BCUT2D eigenvalue weighted by Crippen LogP contribution is -2.30. The summed E-state index contributed by atoms with van der Waals surface area (Å²) in [5.74, 6) is 0.487. The van der Waals surface area contributed by atoms with Crippen LogP contribution in [0.2, 0.25) is 5.02 Å². The van der Waals surface area contributed by atoms with Crippen molar-refractivity contribution in [2.75, 3.05) is 26.7 Å². The van der Waals surface area contributed by atoms with Crippen LogP contribution in [0, 0.1) is 5.92 Å². The van der Waals surface area contributed by atoms with E-state index in [2.05, 4.69) is 22.2 Å². The molecule has 0 spiro atoms. The molecule has 2 rings (SSSR count). The molecule has 88 valence electrons. The summed E-state index contributed by atoms with van der Waals surface area (Å²) in [6.45, 7) is 2.92. The Balaban J connectivity index is 1.80. The SMILES string of the molecule is CN1CCC(CNC(=O)c2cc(Cl)c[nH]2)C1. The first kappa shape index (κ1) is 11.5. The molecule has 0 bridgehead atoms. The van der Waals surface area contributed by atoms with Crippen LogP contribution in [0.4, 0.5) is 0 Å².